The number of H-pyrrole nitrogens is 1. The Balaban J connectivity index is 2.84. The summed E-state index contributed by atoms with van der Waals surface area (Å²) in [5, 5.41) is 4.58. The molecular weight excluding hydrogens is 160 g/mol. The minimum Gasteiger partial charge on any atom is -0.383 e. The lowest BCUT2D eigenvalue weighted by Gasteiger charge is -2.03. The molecule has 0 saturated heterocycles. The Kier molecular flexibility index (Phi) is 2.32. The van der Waals surface area contributed by atoms with Crippen LogP contribution in [0.3, 0.4) is 0 Å². The largest absolute Gasteiger partial charge is 0.383 e. The lowest BCUT2D eigenvalue weighted by molar-refractivity contribution is -0.122. The smallest absolute Gasteiger partial charge is 0.280 e. The van der Waals surface area contributed by atoms with Gasteiger partial charge in [0.25, 0.3) is 5.56 Å². The van der Waals surface area contributed by atoms with Crippen LogP contribution in [0.15, 0.2) is 15.4 Å². The summed E-state index contributed by atoms with van der Waals surface area (Å²) in [7, 11) is 1.53. The molecule has 1 heterocycles. The van der Waals surface area contributed by atoms with Crippen molar-refractivity contribution in [3.05, 3.63) is 22.2 Å². The highest BCUT2D eigenvalue weighted by atomic mass is 16.5. The number of rotatable bonds is 2. The molecule has 0 aromatic carbocycles. The molecule has 1 aromatic heterocycles. The molecule has 1 aromatic rings. The van der Waals surface area contributed by atoms with Crippen LogP contribution < -0.4 is 10.9 Å². The van der Waals surface area contributed by atoms with E-state index in [0.29, 0.717) is 5.76 Å². The fourth-order valence-electron chi connectivity index (χ4n) is 0.856. The van der Waals surface area contributed by atoms with Crippen LogP contribution in [-0.2, 0) is 4.79 Å². The Hall–Kier alpha value is -1.52. The Bertz CT molecular complexity index is 325. The molecule has 0 bridgehead atoms. The highest BCUT2D eigenvalue weighted by Gasteiger charge is 2.17. The maximum Gasteiger partial charge on any atom is 0.280 e. The molecule has 2 N–H and O–H groups in total. The summed E-state index contributed by atoms with van der Waals surface area (Å²) in [6, 6.07) is 1.26. The van der Waals surface area contributed by atoms with E-state index >= 15 is 0 Å². The van der Waals surface area contributed by atoms with E-state index in [1.807, 2.05) is 0 Å². The average molecular weight is 170 g/mol. The van der Waals surface area contributed by atoms with Gasteiger partial charge >= 0.3 is 0 Å². The molecule has 0 aliphatic heterocycles. The summed E-state index contributed by atoms with van der Waals surface area (Å²) in [6.45, 7) is 1.66. The van der Waals surface area contributed by atoms with Crippen molar-refractivity contribution in [2.45, 2.75) is 12.8 Å². The Morgan fingerprint density at radius 3 is 2.83 bits per heavy atom. The third-order valence-corrected chi connectivity index (χ3v) is 1.61. The van der Waals surface area contributed by atoms with Crippen LogP contribution in [0.25, 0.3) is 0 Å². The molecular formula is C7H10N2O3. The van der Waals surface area contributed by atoms with E-state index in [-0.39, 0.29) is 11.5 Å². The summed E-state index contributed by atoms with van der Waals surface area (Å²) >= 11 is 0. The van der Waals surface area contributed by atoms with Gasteiger partial charge in [0.2, 0.25) is 5.91 Å². The van der Waals surface area contributed by atoms with E-state index in [1.54, 1.807) is 6.92 Å². The van der Waals surface area contributed by atoms with Crippen LogP contribution in [0.5, 0.6) is 0 Å². The second-order valence-corrected chi connectivity index (χ2v) is 2.45. The summed E-state index contributed by atoms with van der Waals surface area (Å²) < 4.78 is 4.75. The van der Waals surface area contributed by atoms with Gasteiger partial charge in [-0.05, 0) is 6.92 Å². The standard InChI is InChI=1S/C7H10N2O3/c1-4(7(11)8-2)5-3-6(10)9-12-5/h3-4H,1-2H3,(H,8,11)(H,9,10). The monoisotopic (exact) mass is 170 g/mol. The van der Waals surface area contributed by atoms with Crippen LogP contribution in [0.1, 0.15) is 18.6 Å². The van der Waals surface area contributed by atoms with Gasteiger partial charge < -0.3 is 9.84 Å². The normalized spacial score (nSPS) is 12.5. The van der Waals surface area contributed by atoms with Crippen molar-refractivity contribution in [2.24, 2.45) is 0 Å². The van der Waals surface area contributed by atoms with Crippen LogP contribution in [0.4, 0.5) is 0 Å². The number of amides is 1. The van der Waals surface area contributed by atoms with Crippen molar-refractivity contribution in [2.75, 3.05) is 7.05 Å². The summed E-state index contributed by atoms with van der Waals surface area (Å²) in [5.41, 5.74) is -0.333. The summed E-state index contributed by atoms with van der Waals surface area (Å²) in [6.07, 6.45) is 0. The van der Waals surface area contributed by atoms with Gasteiger partial charge in [0.05, 0.1) is 5.92 Å². The van der Waals surface area contributed by atoms with Crippen LogP contribution in [0.2, 0.25) is 0 Å². The molecule has 0 spiro atoms. The number of hydrogen-bond donors (Lipinski definition) is 2. The highest BCUT2D eigenvalue weighted by Crippen LogP contribution is 2.11. The van der Waals surface area contributed by atoms with Crippen molar-refractivity contribution in [3.8, 4) is 0 Å². The van der Waals surface area contributed by atoms with Gasteiger partial charge in [0.1, 0.15) is 5.76 Å². The third-order valence-electron chi connectivity index (χ3n) is 1.61. The Morgan fingerprint density at radius 1 is 1.75 bits per heavy atom. The molecule has 0 saturated carbocycles. The van der Waals surface area contributed by atoms with Crippen LogP contribution >= 0.6 is 0 Å². The minimum atomic E-state index is -0.436. The zero-order chi connectivity index (χ0) is 9.14. The van der Waals surface area contributed by atoms with Crippen LogP contribution in [-0.4, -0.2) is 18.1 Å². The first-order chi connectivity index (χ1) is 5.65. The van der Waals surface area contributed by atoms with Crippen molar-refractivity contribution < 1.29 is 9.32 Å². The number of carbonyl (C=O) groups is 1. The molecule has 1 amide bonds. The number of nitrogens with one attached hydrogen (secondary N) is 2. The van der Waals surface area contributed by atoms with E-state index < -0.39 is 5.92 Å². The first kappa shape index (κ1) is 8.58. The Morgan fingerprint density at radius 2 is 2.42 bits per heavy atom. The molecule has 12 heavy (non-hydrogen) atoms. The van der Waals surface area contributed by atoms with E-state index in [2.05, 4.69) is 10.5 Å². The highest BCUT2D eigenvalue weighted by molar-refractivity contribution is 5.82. The van der Waals surface area contributed by atoms with Gasteiger partial charge in [-0.1, -0.05) is 0 Å². The van der Waals surface area contributed by atoms with Crippen molar-refractivity contribution in [3.63, 3.8) is 0 Å². The van der Waals surface area contributed by atoms with Crippen LogP contribution in [0, 0.1) is 0 Å². The predicted molar refractivity (Wildman–Crippen MR) is 41.8 cm³/mol. The van der Waals surface area contributed by atoms with Gasteiger partial charge in [-0.2, -0.15) is 5.16 Å². The van der Waals surface area contributed by atoms with Crippen molar-refractivity contribution in [1.82, 2.24) is 10.5 Å². The molecule has 5 nitrogen and oxygen atoms in total. The first-order valence-corrected chi connectivity index (χ1v) is 3.55. The number of likely N-dealkylation sites (N-methyl/N-ethyl adjacent to an activating group) is 1. The number of hydrogen-bond acceptors (Lipinski definition) is 3. The van der Waals surface area contributed by atoms with Gasteiger partial charge in [-0.3, -0.25) is 9.59 Å². The molecule has 1 rings (SSSR count). The van der Waals surface area contributed by atoms with E-state index in [9.17, 15) is 9.59 Å². The predicted octanol–water partition coefficient (Wildman–Crippen LogP) is -0.183. The zero-order valence-corrected chi connectivity index (χ0v) is 6.88. The van der Waals surface area contributed by atoms with Crippen molar-refractivity contribution >= 4 is 5.91 Å². The molecule has 0 radical (unpaired) electrons. The maximum absolute atomic E-state index is 11.0. The molecule has 5 heteroatoms. The quantitative estimate of drug-likeness (QED) is 0.646. The number of aromatic nitrogens is 1. The molecule has 66 valence electrons. The molecule has 1 unspecified atom stereocenters. The maximum atomic E-state index is 11.0. The minimum absolute atomic E-state index is 0.183. The van der Waals surface area contributed by atoms with Crippen molar-refractivity contribution in [1.29, 1.82) is 0 Å². The van der Waals surface area contributed by atoms with Gasteiger partial charge in [-0.15, -0.1) is 0 Å². The second-order valence-electron chi connectivity index (χ2n) is 2.45. The van der Waals surface area contributed by atoms with Gasteiger partial charge in [0.15, 0.2) is 0 Å². The number of aromatic amines is 1. The second kappa shape index (κ2) is 3.25. The SMILES string of the molecule is CNC(=O)C(C)c1cc(=O)[nH]o1. The average Bonchev–Trinajstić information content (AvgIpc) is 2.49. The van der Waals surface area contributed by atoms with E-state index in [4.69, 9.17) is 4.52 Å². The lowest BCUT2D eigenvalue weighted by Crippen LogP contribution is -2.23. The van der Waals surface area contributed by atoms with Gasteiger partial charge in [0, 0.05) is 13.1 Å². The zero-order valence-electron chi connectivity index (χ0n) is 6.88. The third kappa shape index (κ3) is 1.55. The van der Waals surface area contributed by atoms with E-state index in [1.165, 1.54) is 13.1 Å². The summed E-state index contributed by atoms with van der Waals surface area (Å²) in [5.74, 6) is -0.272. The summed E-state index contributed by atoms with van der Waals surface area (Å²) in [4.78, 5) is 21.7. The molecule has 0 fully saturated rings. The van der Waals surface area contributed by atoms with E-state index in [0.717, 1.165) is 0 Å². The molecule has 0 aliphatic carbocycles. The Labute approximate surface area is 68.7 Å². The fourth-order valence-corrected chi connectivity index (χ4v) is 0.856. The van der Waals surface area contributed by atoms with Gasteiger partial charge in [-0.25, -0.2) is 0 Å². The fraction of sp³-hybridized carbons (Fsp3) is 0.429. The molecule has 1 atom stereocenters. The topological polar surface area (TPSA) is 75.1 Å². The first-order valence-electron chi connectivity index (χ1n) is 3.55. The lowest BCUT2D eigenvalue weighted by atomic mass is 10.1. The molecule has 0 aliphatic rings. The number of carbonyl (C=O) groups excluding carboxylic acids is 1.